The van der Waals surface area contributed by atoms with Crippen LogP contribution in [0.2, 0.25) is 10.0 Å². The summed E-state index contributed by atoms with van der Waals surface area (Å²) >= 11 is 14.0. The summed E-state index contributed by atoms with van der Waals surface area (Å²) in [6, 6.07) is 47.1. The van der Waals surface area contributed by atoms with E-state index in [1.165, 1.54) is 43.1 Å². The largest absolute Gasteiger partial charge is 0.496 e. The van der Waals surface area contributed by atoms with Gasteiger partial charge in [-0.2, -0.15) is 0 Å². The number of nitrogens with zero attached hydrogens (tertiary/aromatic N) is 20. The molecule has 0 bridgehead atoms. The first-order chi connectivity index (χ1) is 68.3. The summed E-state index contributed by atoms with van der Waals surface area (Å²) in [5.41, 5.74) is 11.5. The van der Waals surface area contributed by atoms with Crippen molar-refractivity contribution in [3.05, 3.63) is 278 Å². The van der Waals surface area contributed by atoms with E-state index in [0.29, 0.717) is 103 Å². The van der Waals surface area contributed by atoms with Gasteiger partial charge < -0.3 is 52.1 Å². The van der Waals surface area contributed by atoms with E-state index < -0.39 is 17.5 Å². The molecule has 11 aromatic heterocycles. The minimum Gasteiger partial charge on any atom is -0.496 e. The van der Waals surface area contributed by atoms with Crippen LogP contribution in [0.25, 0.3) is 55.8 Å². The molecule has 742 valence electrons. The van der Waals surface area contributed by atoms with Crippen LogP contribution in [0.3, 0.4) is 0 Å². The molecule has 0 radical (unpaired) electrons. The molecule has 3 aliphatic carbocycles. The Hall–Kier alpha value is -12.7. The van der Waals surface area contributed by atoms with Crippen molar-refractivity contribution in [3.63, 3.8) is 0 Å². The van der Waals surface area contributed by atoms with E-state index >= 15 is 0 Å². The maximum atomic E-state index is 14.3. The normalized spacial score (nSPS) is 13.2. The standard InChI is InChI=1S/C23H27ClN4O.C23H26F2N4O.C22H27ClN4O2.C22H26N4O.C20H26N4OS/c1-16(2)14-27(23(29)18-10-5-6-11-19(18)24)15-21-26-20-12-7-13-25-22(20)28(21)17-8-3-4-9-17;1-15(2)13-28(23(30)18-10-9-16(24)12-19(18)25)14-21-27-20-8-5-11-26-22(20)29(21)17-6-3-4-7-17;1-5-11-27-20(25-18-7-6-10-24-21(18)27)14-26(13-15(2)3)22(28)17-12-16(23)8-9-19(17)29-4;1-3-12-25(22(27)18-7-4-6-16(2)13-18)15-20-24-19-8-5-11-23-21(19)26(20)14-17-9-10-17;1-3-5-6-13-23(20(25)17-10-8-14-26-17)15-18-22-16-9-7-11-21-19(16)24(18)12-4-2/h5-7,10-13,16-17H,3-4,8-9,14-15H2,1-2H3;5,8-12,15,17H,3-4,6-7,13-14H2,1-2H3;6-10,12,15H,5,11,13-14H2,1-4H3;4-8,11,13,17H,3,9-10,12,14-15H2,1-2H3;7-11,14H,3-6,12-13,15H2,1-2H3. The number of carbonyl (C=O) groups is 5. The zero-order valence-corrected chi connectivity index (χ0v) is 85.6. The number of rotatable bonds is 36. The van der Waals surface area contributed by atoms with Gasteiger partial charge in [-0.05, 0) is 222 Å². The van der Waals surface area contributed by atoms with Gasteiger partial charge in [0.2, 0.25) is 0 Å². The van der Waals surface area contributed by atoms with Gasteiger partial charge >= 0.3 is 0 Å². The minimum absolute atomic E-state index is 0.0534. The summed E-state index contributed by atoms with van der Waals surface area (Å²) in [5, 5.41) is 2.94. The number of aromatic nitrogens is 15. The van der Waals surface area contributed by atoms with Gasteiger partial charge in [0.05, 0.1) is 66.4 Å². The number of aryl methyl sites for hydroxylation is 3. The topological polar surface area (TPSA) is 264 Å². The first kappa shape index (κ1) is 104. The first-order valence-corrected chi connectivity index (χ1v) is 51.6. The van der Waals surface area contributed by atoms with Crippen molar-refractivity contribution in [2.75, 3.05) is 39.8 Å². The first-order valence-electron chi connectivity index (χ1n) is 50.0. The number of thiophene rings is 1. The van der Waals surface area contributed by atoms with Crippen molar-refractivity contribution in [2.45, 2.75) is 243 Å². The highest BCUT2D eigenvalue weighted by atomic mass is 35.5. The molecule has 3 saturated carbocycles. The van der Waals surface area contributed by atoms with Gasteiger partial charge in [-0.15, -0.1) is 11.3 Å². The SMILES string of the molecule is CC(C)CN(Cc1nc2cccnc2n1C1CCCC1)C(=O)c1ccc(F)cc1F.CC(C)CN(Cc1nc2cccnc2n1C1CCCC1)C(=O)c1ccccc1Cl.CCCCCN(Cc1nc2cccnc2n1CCC)C(=O)c1cccs1.CCCN(Cc1nc2cccnc2n1CC1CC1)C(=O)c1cccc(C)c1.CCCn1c(CN(CC(C)C)C(=O)c2cc(Cl)ccc2OC)nc2cccnc21. The van der Waals surface area contributed by atoms with Crippen LogP contribution in [0.1, 0.15) is 270 Å². The Morgan fingerprint density at radius 2 is 0.879 bits per heavy atom. The number of hydrogen-bond donors (Lipinski definition) is 0. The fraction of sp³-hybridized carbons (Fsp3) is 0.427. The third-order valence-electron chi connectivity index (χ3n) is 25.2. The maximum Gasteiger partial charge on any atom is 0.264 e. The Balaban J connectivity index is 0.000000140. The molecule has 11 heterocycles. The van der Waals surface area contributed by atoms with Crippen LogP contribution in [0, 0.1) is 42.2 Å². The molecular formula is C110H132Cl2F2N20O6S. The van der Waals surface area contributed by atoms with E-state index in [9.17, 15) is 32.8 Å². The van der Waals surface area contributed by atoms with E-state index in [1.54, 1.807) is 60.9 Å². The van der Waals surface area contributed by atoms with Crippen LogP contribution in [0.5, 0.6) is 5.75 Å². The highest BCUT2D eigenvalue weighted by molar-refractivity contribution is 7.12. The van der Waals surface area contributed by atoms with Gasteiger partial charge in [-0.25, -0.2) is 58.6 Å². The fourth-order valence-corrected chi connectivity index (χ4v) is 19.7. The minimum atomic E-state index is -0.847. The Labute approximate surface area is 839 Å². The van der Waals surface area contributed by atoms with Crippen LogP contribution in [0.4, 0.5) is 8.78 Å². The lowest BCUT2D eigenvalue weighted by Gasteiger charge is -2.26. The highest BCUT2D eigenvalue weighted by Crippen LogP contribution is 2.38. The average Bonchev–Trinajstić information content (AvgIpc) is 1.64. The van der Waals surface area contributed by atoms with Gasteiger partial charge in [0.25, 0.3) is 29.5 Å². The number of ether oxygens (including phenoxy) is 1. The van der Waals surface area contributed by atoms with Crippen molar-refractivity contribution < 1.29 is 37.5 Å². The zero-order valence-electron chi connectivity index (χ0n) is 83.3. The molecule has 15 aromatic rings. The van der Waals surface area contributed by atoms with Gasteiger partial charge in [0, 0.05) is 112 Å². The number of halogens is 4. The number of amides is 5. The third kappa shape index (κ3) is 26.7. The van der Waals surface area contributed by atoms with Crippen LogP contribution in [-0.4, -0.2) is 167 Å². The second-order valence-electron chi connectivity index (χ2n) is 38.0. The molecule has 0 saturated heterocycles. The molecule has 26 nitrogen and oxygen atoms in total. The van der Waals surface area contributed by atoms with Gasteiger partial charge in [-0.3, -0.25) is 24.0 Å². The number of unbranched alkanes of at least 4 members (excludes halogenated alkanes) is 2. The quantitative estimate of drug-likeness (QED) is 0.0330. The summed E-state index contributed by atoms with van der Waals surface area (Å²) in [4.78, 5) is 123. The van der Waals surface area contributed by atoms with Crippen molar-refractivity contribution in [2.24, 2.45) is 23.7 Å². The van der Waals surface area contributed by atoms with Crippen molar-refractivity contribution >= 4 is 120 Å². The molecule has 0 unspecified atom stereocenters. The van der Waals surface area contributed by atoms with Gasteiger partial charge in [0.15, 0.2) is 28.2 Å². The van der Waals surface area contributed by atoms with Crippen LogP contribution < -0.4 is 4.74 Å². The zero-order chi connectivity index (χ0) is 99.8. The van der Waals surface area contributed by atoms with E-state index in [0.717, 1.165) is 222 Å². The van der Waals surface area contributed by atoms with E-state index in [1.807, 2.05) is 167 Å². The number of benzene rings is 4. The number of hydrogen-bond acceptors (Lipinski definition) is 17. The van der Waals surface area contributed by atoms with Gasteiger partial charge in [-0.1, -0.05) is 167 Å². The van der Waals surface area contributed by atoms with E-state index in [-0.39, 0.29) is 41.7 Å². The summed E-state index contributed by atoms with van der Waals surface area (Å²) < 4.78 is 43.9. The molecule has 18 rings (SSSR count). The molecule has 3 aliphatic rings. The predicted octanol–water partition coefficient (Wildman–Crippen LogP) is 24.4. The Bertz CT molecular complexity index is 6710. The molecule has 141 heavy (non-hydrogen) atoms. The molecule has 4 aromatic carbocycles. The van der Waals surface area contributed by atoms with E-state index in [4.69, 9.17) is 52.9 Å². The van der Waals surface area contributed by atoms with E-state index in [2.05, 4.69) is 103 Å². The number of fused-ring (bicyclic) bond motifs is 5. The summed E-state index contributed by atoms with van der Waals surface area (Å²) in [6.45, 7) is 30.9. The molecule has 5 amide bonds. The summed E-state index contributed by atoms with van der Waals surface area (Å²) in [6.07, 6.45) is 26.8. The molecular weight excluding hydrogens is 1840 g/mol. The molecule has 0 atom stereocenters. The predicted molar refractivity (Wildman–Crippen MR) is 555 cm³/mol. The Morgan fingerprint density at radius 3 is 1.33 bits per heavy atom. The van der Waals surface area contributed by atoms with Crippen LogP contribution in [-0.2, 0) is 52.4 Å². The number of carbonyl (C=O) groups excluding carboxylic acids is 5. The Kier molecular flexibility index (Phi) is 37.0. The van der Waals surface area contributed by atoms with Crippen LogP contribution >= 0.6 is 34.5 Å². The highest BCUT2D eigenvalue weighted by Gasteiger charge is 2.33. The molecule has 0 aliphatic heterocycles. The molecule has 31 heteroatoms. The average molecular weight is 1970 g/mol. The number of pyridine rings is 5. The van der Waals surface area contributed by atoms with Gasteiger partial charge in [0.1, 0.15) is 74.1 Å². The Morgan fingerprint density at radius 1 is 0.426 bits per heavy atom. The monoisotopic (exact) mass is 1970 g/mol. The number of methoxy groups -OCH3 is 1. The van der Waals surface area contributed by atoms with Crippen LogP contribution in [0.15, 0.2) is 194 Å². The summed E-state index contributed by atoms with van der Waals surface area (Å²) in [5.74, 6) is 4.37. The van der Waals surface area contributed by atoms with Crippen molar-refractivity contribution in [3.8, 4) is 5.75 Å². The smallest absolute Gasteiger partial charge is 0.264 e. The lowest BCUT2D eigenvalue weighted by atomic mass is 10.1. The lowest BCUT2D eigenvalue weighted by molar-refractivity contribution is 0.0704. The molecule has 0 spiro atoms. The third-order valence-corrected chi connectivity index (χ3v) is 26.7. The second kappa shape index (κ2) is 50.1. The fourth-order valence-electron chi connectivity index (χ4n) is 18.6. The second-order valence-corrected chi connectivity index (χ2v) is 39.8. The molecule has 3 fully saturated rings. The number of imidazole rings is 5. The van der Waals surface area contributed by atoms with Crippen molar-refractivity contribution in [1.82, 2.24) is 97.2 Å². The maximum absolute atomic E-state index is 14.3. The van der Waals surface area contributed by atoms with Crippen molar-refractivity contribution in [1.29, 1.82) is 0 Å². The molecule has 0 N–H and O–H groups in total. The lowest BCUT2D eigenvalue weighted by Crippen LogP contribution is -2.35. The summed E-state index contributed by atoms with van der Waals surface area (Å²) in [7, 11) is 1.55.